The minimum Gasteiger partial charge on any atom is -0.482 e. The molecule has 218 valence electrons. The highest BCUT2D eigenvalue weighted by Gasteiger charge is 2.84. The first-order valence-electron chi connectivity index (χ1n) is 14.7. The summed E-state index contributed by atoms with van der Waals surface area (Å²) in [5, 5.41) is 44.6. The number of nitrogens with one attached hydrogen (secondary N) is 1. The van der Waals surface area contributed by atoms with Crippen molar-refractivity contribution in [3.63, 3.8) is 0 Å². The number of carboxylic acids is 1. The quantitative estimate of drug-likeness (QED) is 0.368. The summed E-state index contributed by atoms with van der Waals surface area (Å²) in [6.07, 6.45) is -3.74. The van der Waals surface area contributed by atoms with Crippen molar-refractivity contribution in [3.8, 4) is 11.5 Å². The molecular formula is C30H39NO9. The van der Waals surface area contributed by atoms with Crippen molar-refractivity contribution in [3.05, 3.63) is 23.3 Å². The minimum atomic E-state index is -1.78. The van der Waals surface area contributed by atoms with Gasteiger partial charge in [-0.1, -0.05) is 19.9 Å². The second kappa shape index (κ2) is 7.51. The van der Waals surface area contributed by atoms with E-state index in [1.807, 2.05) is 6.07 Å². The van der Waals surface area contributed by atoms with Crippen molar-refractivity contribution in [2.24, 2.45) is 16.7 Å². The zero-order valence-electron chi connectivity index (χ0n) is 23.3. The summed E-state index contributed by atoms with van der Waals surface area (Å²) >= 11 is 0. The van der Waals surface area contributed by atoms with Gasteiger partial charge in [-0.2, -0.15) is 0 Å². The summed E-state index contributed by atoms with van der Waals surface area (Å²) in [6, 6.07) is 4.18. The Labute approximate surface area is 232 Å². The van der Waals surface area contributed by atoms with Crippen LogP contribution < -0.4 is 14.8 Å². The van der Waals surface area contributed by atoms with Crippen molar-refractivity contribution in [2.45, 2.75) is 119 Å². The lowest BCUT2D eigenvalue weighted by atomic mass is 9.34. The van der Waals surface area contributed by atoms with Gasteiger partial charge < -0.3 is 44.7 Å². The predicted octanol–water partition coefficient (Wildman–Crippen LogP) is 1.25. The molecule has 4 bridgehead atoms. The molecular weight excluding hydrogens is 518 g/mol. The van der Waals surface area contributed by atoms with Crippen LogP contribution in [0.15, 0.2) is 12.1 Å². The number of aliphatic hydroxyl groups is 3. The van der Waals surface area contributed by atoms with Crippen LogP contribution in [0.1, 0.15) is 64.5 Å². The summed E-state index contributed by atoms with van der Waals surface area (Å²) in [7, 11) is 0. The Morgan fingerprint density at radius 2 is 1.82 bits per heavy atom. The number of fused-ring (bicyclic) bond motifs is 1. The van der Waals surface area contributed by atoms with E-state index in [0.717, 1.165) is 44.2 Å². The van der Waals surface area contributed by atoms with Crippen molar-refractivity contribution >= 4 is 5.97 Å². The number of piperidine rings is 1. The summed E-state index contributed by atoms with van der Waals surface area (Å²) in [4.78, 5) is 11.7. The topological polar surface area (TPSA) is 147 Å². The molecule has 0 unspecified atom stereocenters. The van der Waals surface area contributed by atoms with Gasteiger partial charge in [0.1, 0.15) is 30.0 Å². The number of carbonyl (C=O) groups is 1. The number of ether oxygens (including phenoxy) is 4. The fourth-order valence-corrected chi connectivity index (χ4v) is 10.4. The van der Waals surface area contributed by atoms with Gasteiger partial charge >= 0.3 is 5.97 Å². The number of hydrogen-bond donors (Lipinski definition) is 5. The van der Waals surface area contributed by atoms with E-state index in [-0.39, 0.29) is 27.9 Å². The van der Waals surface area contributed by atoms with Crippen LogP contribution in [-0.2, 0) is 26.1 Å². The van der Waals surface area contributed by atoms with Crippen LogP contribution in [0.2, 0.25) is 0 Å². The molecule has 11 atom stereocenters. The largest absolute Gasteiger partial charge is 0.482 e. The summed E-state index contributed by atoms with van der Waals surface area (Å²) in [5.74, 6) is -0.170. The second-order valence-corrected chi connectivity index (χ2v) is 14.4. The number of benzene rings is 1. The maximum atomic E-state index is 11.7. The number of aliphatic hydroxyl groups excluding tert-OH is 3. The Hall–Kier alpha value is -1.95. The molecule has 1 aromatic rings. The van der Waals surface area contributed by atoms with Gasteiger partial charge in [-0.15, -0.1) is 0 Å². The van der Waals surface area contributed by atoms with Crippen LogP contribution in [0, 0.1) is 16.7 Å². The van der Waals surface area contributed by atoms with Crippen molar-refractivity contribution in [1.29, 1.82) is 0 Å². The van der Waals surface area contributed by atoms with Crippen molar-refractivity contribution in [2.75, 3.05) is 6.54 Å². The normalized spacial score (nSPS) is 50.1. The van der Waals surface area contributed by atoms with E-state index in [2.05, 4.69) is 33.0 Å². The zero-order valence-corrected chi connectivity index (χ0v) is 23.3. The van der Waals surface area contributed by atoms with Gasteiger partial charge in [0.2, 0.25) is 6.29 Å². The van der Waals surface area contributed by atoms with Gasteiger partial charge in [-0.3, -0.25) is 0 Å². The van der Waals surface area contributed by atoms with Crippen LogP contribution >= 0.6 is 0 Å². The first-order chi connectivity index (χ1) is 18.8. The maximum Gasteiger partial charge on any atom is 0.335 e. The number of rotatable bonds is 3. The summed E-state index contributed by atoms with van der Waals surface area (Å²) < 4.78 is 25.9. The second-order valence-electron chi connectivity index (χ2n) is 14.4. The third-order valence-electron chi connectivity index (χ3n) is 12.7. The van der Waals surface area contributed by atoms with Gasteiger partial charge in [0.15, 0.2) is 17.6 Å². The molecule has 4 heterocycles. The average Bonchev–Trinajstić information content (AvgIpc) is 3.33. The van der Waals surface area contributed by atoms with E-state index in [0.29, 0.717) is 23.5 Å². The molecule has 0 radical (unpaired) electrons. The monoisotopic (exact) mass is 557 g/mol. The van der Waals surface area contributed by atoms with Gasteiger partial charge in [0.05, 0.1) is 5.60 Å². The van der Waals surface area contributed by atoms with E-state index in [9.17, 15) is 25.2 Å². The molecule has 4 aliphatic heterocycles. The number of carboxylic acid groups (broad SMARTS) is 1. The van der Waals surface area contributed by atoms with Crippen molar-refractivity contribution in [1.82, 2.24) is 5.32 Å². The van der Waals surface area contributed by atoms with Crippen LogP contribution in [0.3, 0.4) is 0 Å². The molecule has 10 nitrogen and oxygen atoms in total. The third kappa shape index (κ3) is 2.62. The fraction of sp³-hybridized carbons (Fsp3) is 0.767. The van der Waals surface area contributed by atoms with Crippen molar-refractivity contribution < 1.29 is 44.2 Å². The lowest BCUT2D eigenvalue weighted by molar-refractivity contribution is -0.271. The summed E-state index contributed by atoms with van der Waals surface area (Å²) in [6.45, 7) is 9.98. The maximum absolute atomic E-state index is 11.7. The Bertz CT molecular complexity index is 1310. The van der Waals surface area contributed by atoms with Crippen LogP contribution in [-0.4, -0.2) is 87.0 Å². The average molecular weight is 558 g/mol. The van der Waals surface area contributed by atoms with E-state index in [1.165, 1.54) is 5.56 Å². The van der Waals surface area contributed by atoms with E-state index in [1.54, 1.807) is 6.07 Å². The molecule has 3 spiro atoms. The molecule has 10 heteroatoms. The number of hydrogen-bond acceptors (Lipinski definition) is 9. The highest BCUT2D eigenvalue weighted by atomic mass is 16.7. The van der Waals surface area contributed by atoms with Crippen LogP contribution in [0.4, 0.5) is 0 Å². The molecule has 8 aliphatic rings. The summed E-state index contributed by atoms with van der Waals surface area (Å²) in [5.41, 5.74) is 1.30. The fourth-order valence-electron chi connectivity index (χ4n) is 10.4. The lowest BCUT2D eigenvalue weighted by Crippen LogP contribution is -2.80. The van der Waals surface area contributed by atoms with Gasteiger partial charge in [-0.05, 0) is 69.5 Å². The Morgan fingerprint density at radius 1 is 1.05 bits per heavy atom. The molecule has 6 fully saturated rings. The lowest BCUT2D eigenvalue weighted by Gasteiger charge is -2.72. The first kappa shape index (κ1) is 25.7. The highest BCUT2D eigenvalue weighted by Crippen LogP contribution is 2.80. The molecule has 5 N–H and O–H groups in total. The van der Waals surface area contributed by atoms with Gasteiger partial charge in [0.25, 0.3) is 0 Å². The smallest absolute Gasteiger partial charge is 0.335 e. The molecule has 0 amide bonds. The van der Waals surface area contributed by atoms with E-state index >= 15 is 0 Å². The Morgan fingerprint density at radius 3 is 2.58 bits per heavy atom. The molecule has 4 aliphatic carbocycles. The third-order valence-corrected chi connectivity index (χ3v) is 12.7. The molecule has 9 rings (SSSR count). The molecule has 0 aromatic heterocycles. The number of aliphatic carboxylic acids is 1. The standard InChI is InChI=1S/C30H39NO9/c1-26(2)15-12-28-7-8-30(15,40-27(26,3)4)25-29(28)9-10-31-16(28)11-13-5-6-14(21(39-25)17(13)29)37-24-20(34)18(32)19(33)22(38-24)23(35)36/h5-6,15-16,18-20,22,24-25,31-34H,7-12H2,1-4H3,(H,35,36)/t15-,16-,18+,19+,20-,22+,24-,25-,28-,29+,30-/m1/s1. The Balaban J connectivity index is 1.26. The first-order valence-corrected chi connectivity index (χ1v) is 14.7. The Kier molecular flexibility index (Phi) is 4.83. The highest BCUT2D eigenvalue weighted by molar-refractivity contribution is 5.73. The molecule has 3 saturated carbocycles. The predicted molar refractivity (Wildman–Crippen MR) is 139 cm³/mol. The van der Waals surface area contributed by atoms with Crippen LogP contribution in [0.5, 0.6) is 11.5 Å². The van der Waals surface area contributed by atoms with Gasteiger partial charge in [-0.25, -0.2) is 4.79 Å². The van der Waals surface area contributed by atoms with E-state index < -0.39 is 42.3 Å². The zero-order chi connectivity index (χ0) is 28.2. The molecule has 40 heavy (non-hydrogen) atoms. The minimum absolute atomic E-state index is 0.00974. The van der Waals surface area contributed by atoms with E-state index in [4.69, 9.17) is 18.9 Å². The molecule has 3 saturated heterocycles. The van der Waals surface area contributed by atoms with Gasteiger partial charge in [0, 0.05) is 28.4 Å². The SMILES string of the molecule is CC1(C)O[C@]23CC[C@@]4(C[C@@H]2C1(C)C)[C@H]1Cc2ccc(O[C@@H]5O[C@H](C(=O)O)[C@@H](O)[C@H](O)[C@H]5O)c5c2[C@@]4(CCN1)[C@H]3O5. The van der Waals surface area contributed by atoms with Crippen LogP contribution in [0.25, 0.3) is 0 Å². The molecule has 1 aromatic carbocycles.